The van der Waals surface area contributed by atoms with Crippen LogP contribution >= 0.6 is 0 Å². The molecule has 2 aromatic rings. The third kappa shape index (κ3) is 2.98. The van der Waals surface area contributed by atoms with Crippen molar-refractivity contribution in [2.45, 2.75) is 39.3 Å². The van der Waals surface area contributed by atoms with Gasteiger partial charge in [-0.05, 0) is 35.9 Å². The Hall–Kier alpha value is -1.75. The molecule has 0 saturated heterocycles. The minimum Gasteiger partial charge on any atom is -0.308 e. The maximum atomic E-state index is 4.18. The number of nitrogens with one attached hydrogen (secondary N) is 1. The van der Waals surface area contributed by atoms with Crippen molar-refractivity contribution in [3.05, 3.63) is 41.7 Å². The average molecular weight is 259 g/mol. The van der Waals surface area contributed by atoms with Crippen LogP contribution in [-0.4, -0.2) is 26.8 Å². The van der Waals surface area contributed by atoms with Crippen molar-refractivity contribution < 1.29 is 0 Å². The molecule has 102 valence electrons. The summed E-state index contributed by atoms with van der Waals surface area (Å²) in [5.74, 6) is 0.887. The number of tetrazole rings is 1. The van der Waals surface area contributed by atoms with Crippen LogP contribution in [0.25, 0.3) is 0 Å². The van der Waals surface area contributed by atoms with E-state index < -0.39 is 0 Å². The monoisotopic (exact) mass is 259 g/mol. The first-order valence-corrected chi connectivity index (χ1v) is 6.84. The van der Waals surface area contributed by atoms with Crippen LogP contribution in [0.5, 0.6) is 0 Å². The van der Waals surface area contributed by atoms with E-state index >= 15 is 0 Å². The van der Waals surface area contributed by atoms with Gasteiger partial charge in [-0.2, -0.15) is 0 Å². The van der Waals surface area contributed by atoms with Crippen LogP contribution in [0.2, 0.25) is 0 Å². The van der Waals surface area contributed by atoms with Crippen molar-refractivity contribution in [1.29, 1.82) is 0 Å². The van der Waals surface area contributed by atoms with Crippen molar-refractivity contribution in [2.24, 2.45) is 0 Å². The molecule has 19 heavy (non-hydrogen) atoms. The third-order valence-corrected chi connectivity index (χ3v) is 3.28. The van der Waals surface area contributed by atoms with E-state index in [1.54, 1.807) is 0 Å². The van der Waals surface area contributed by atoms with E-state index in [2.05, 4.69) is 65.9 Å². The molecule has 0 spiro atoms. The molecule has 2 rings (SSSR count). The quantitative estimate of drug-likeness (QED) is 0.865. The van der Waals surface area contributed by atoms with Gasteiger partial charge in [-0.25, -0.2) is 4.68 Å². The Morgan fingerprint density at radius 1 is 1.21 bits per heavy atom. The van der Waals surface area contributed by atoms with Crippen molar-refractivity contribution >= 4 is 0 Å². The minimum atomic E-state index is 0.151. The summed E-state index contributed by atoms with van der Waals surface area (Å²) < 4.78 is 1.93. The number of rotatable bonds is 6. The first-order chi connectivity index (χ1) is 9.27. The standard InChI is InChI=1S/C14H21N5/c1-4-13(12-9-7-6-8-10-12)19-14(16-17-18-19)11(3)15-5-2/h6-11,13,15H,4-5H2,1-3H3. The summed E-state index contributed by atoms with van der Waals surface area (Å²) in [6.07, 6.45) is 0.959. The van der Waals surface area contributed by atoms with Crippen LogP contribution in [-0.2, 0) is 0 Å². The summed E-state index contributed by atoms with van der Waals surface area (Å²) in [7, 11) is 0. The van der Waals surface area contributed by atoms with E-state index in [4.69, 9.17) is 0 Å². The van der Waals surface area contributed by atoms with Gasteiger partial charge in [-0.3, -0.25) is 0 Å². The molecule has 0 amide bonds. The van der Waals surface area contributed by atoms with Crippen molar-refractivity contribution in [1.82, 2.24) is 25.5 Å². The Labute approximate surface area is 114 Å². The molecule has 1 aromatic carbocycles. The number of aromatic nitrogens is 4. The molecule has 2 atom stereocenters. The number of nitrogens with zero attached hydrogens (tertiary/aromatic N) is 4. The lowest BCUT2D eigenvalue weighted by Crippen LogP contribution is -2.24. The second-order valence-corrected chi connectivity index (χ2v) is 4.60. The fourth-order valence-electron chi connectivity index (χ4n) is 2.33. The van der Waals surface area contributed by atoms with Gasteiger partial charge in [-0.1, -0.05) is 44.2 Å². The van der Waals surface area contributed by atoms with Gasteiger partial charge < -0.3 is 5.32 Å². The summed E-state index contributed by atoms with van der Waals surface area (Å²) in [4.78, 5) is 0. The summed E-state index contributed by atoms with van der Waals surface area (Å²) in [6, 6.07) is 10.7. The van der Waals surface area contributed by atoms with Crippen molar-refractivity contribution in [3.63, 3.8) is 0 Å². The van der Waals surface area contributed by atoms with Crippen LogP contribution in [0, 0.1) is 0 Å². The smallest absolute Gasteiger partial charge is 0.168 e. The molecule has 5 nitrogen and oxygen atoms in total. The molecule has 0 saturated carbocycles. The van der Waals surface area contributed by atoms with Crippen LogP contribution in [0.4, 0.5) is 0 Å². The Balaban J connectivity index is 2.32. The van der Waals surface area contributed by atoms with Crippen LogP contribution in [0.15, 0.2) is 30.3 Å². The maximum absolute atomic E-state index is 4.18. The minimum absolute atomic E-state index is 0.151. The molecule has 5 heteroatoms. The summed E-state index contributed by atoms with van der Waals surface area (Å²) in [5.41, 5.74) is 1.24. The molecule has 0 aliphatic carbocycles. The van der Waals surface area contributed by atoms with Crippen molar-refractivity contribution in [2.75, 3.05) is 6.54 Å². The lowest BCUT2D eigenvalue weighted by atomic mass is 10.0. The lowest BCUT2D eigenvalue weighted by molar-refractivity contribution is 0.442. The van der Waals surface area contributed by atoms with Crippen molar-refractivity contribution in [3.8, 4) is 0 Å². The molecule has 0 fully saturated rings. The zero-order chi connectivity index (χ0) is 13.7. The largest absolute Gasteiger partial charge is 0.308 e. The molecule has 1 N–H and O–H groups in total. The van der Waals surface area contributed by atoms with Gasteiger partial charge in [0.2, 0.25) is 0 Å². The molecule has 0 bridgehead atoms. The zero-order valence-corrected chi connectivity index (χ0v) is 11.7. The maximum Gasteiger partial charge on any atom is 0.168 e. The van der Waals surface area contributed by atoms with Gasteiger partial charge in [0, 0.05) is 0 Å². The summed E-state index contributed by atoms with van der Waals surface area (Å²) >= 11 is 0. The molecular weight excluding hydrogens is 238 g/mol. The fourth-order valence-corrected chi connectivity index (χ4v) is 2.33. The molecule has 0 radical (unpaired) electrons. The topological polar surface area (TPSA) is 55.6 Å². The van der Waals surface area contributed by atoms with E-state index in [0.29, 0.717) is 0 Å². The van der Waals surface area contributed by atoms with Gasteiger partial charge in [0.05, 0.1) is 12.1 Å². The molecule has 0 aliphatic rings. The number of hydrogen-bond donors (Lipinski definition) is 1. The normalized spacial score (nSPS) is 14.3. The Morgan fingerprint density at radius 2 is 1.95 bits per heavy atom. The first kappa shape index (κ1) is 13.7. The van der Waals surface area contributed by atoms with Crippen LogP contribution in [0.3, 0.4) is 0 Å². The number of hydrogen-bond acceptors (Lipinski definition) is 4. The van der Waals surface area contributed by atoms with E-state index in [0.717, 1.165) is 18.8 Å². The highest BCUT2D eigenvalue weighted by Gasteiger charge is 2.20. The zero-order valence-electron chi connectivity index (χ0n) is 11.7. The van der Waals surface area contributed by atoms with Gasteiger partial charge in [0.1, 0.15) is 0 Å². The molecule has 0 aliphatic heterocycles. The molecule has 2 unspecified atom stereocenters. The highest BCUT2D eigenvalue weighted by molar-refractivity contribution is 5.20. The highest BCUT2D eigenvalue weighted by Crippen LogP contribution is 2.23. The average Bonchev–Trinajstić information content (AvgIpc) is 2.90. The van der Waals surface area contributed by atoms with Crippen LogP contribution in [0.1, 0.15) is 50.7 Å². The second-order valence-electron chi connectivity index (χ2n) is 4.60. The highest BCUT2D eigenvalue weighted by atomic mass is 15.6. The van der Waals surface area contributed by atoms with E-state index in [1.165, 1.54) is 5.56 Å². The van der Waals surface area contributed by atoms with E-state index in [1.807, 2.05) is 10.7 Å². The lowest BCUT2D eigenvalue weighted by Gasteiger charge is -2.19. The molecule has 1 heterocycles. The van der Waals surface area contributed by atoms with E-state index in [9.17, 15) is 0 Å². The second kappa shape index (κ2) is 6.43. The number of benzene rings is 1. The molecular formula is C14H21N5. The Morgan fingerprint density at radius 3 is 2.58 bits per heavy atom. The Bertz CT molecular complexity index is 494. The van der Waals surface area contributed by atoms with Gasteiger partial charge in [0.25, 0.3) is 0 Å². The predicted molar refractivity (Wildman–Crippen MR) is 74.8 cm³/mol. The van der Waals surface area contributed by atoms with Crippen LogP contribution < -0.4 is 5.32 Å². The van der Waals surface area contributed by atoms with Gasteiger partial charge >= 0.3 is 0 Å². The predicted octanol–water partition coefficient (Wildman–Crippen LogP) is 2.34. The third-order valence-electron chi connectivity index (χ3n) is 3.28. The fraction of sp³-hybridized carbons (Fsp3) is 0.500. The van der Waals surface area contributed by atoms with Gasteiger partial charge in [-0.15, -0.1) is 5.10 Å². The summed E-state index contributed by atoms with van der Waals surface area (Å²) in [6.45, 7) is 7.22. The SMILES string of the molecule is CCNC(C)c1nnnn1C(CC)c1ccccc1. The van der Waals surface area contributed by atoms with Gasteiger partial charge in [0.15, 0.2) is 5.82 Å². The molecule has 1 aromatic heterocycles. The Kier molecular flexibility index (Phi) is 4.63. The first-order valence-electron chi connectivity index (χ1n) is 6.84. The van der Waals surface area contributed by atoms with E-state index in [-0.39, 0.29) is 12.1 Å². The summed E-state index contributed by atoms with van der Waals surface area (Å²) in [5, 5.41) is 15.5.